The smallest absolute Gasteiger partial charge is 0.0414 e. The van der Waals surface area contributed by atoms with E-state index in [4.69, 9.17) is 0 Å². The summed E-state index contributed by atoms with van der Waals surface area (Å²) in [7, 11) is 0. The maximum absolute atomic E-state index is 10.4. The molecule has 0 aliphatic heterocycles. The fourth-order valence-corrected chi connectivity index (χ4v) is 3.57. The van der Waals surface area contributed by atoms with E-state index in [0.29, 0.717) is 5.92 Å². The van der Waals surface area contributed by atoms with Crippen LogP contribution in [0.15, 0.2) is 0 Å². The summed E-state index contributed by atoms with van der Waals surface area (Å²) < 4.78 is 0. The van der Waals surface area contributed by atoms with Crippen LogP contribution >= 0.6 is 0 Å². The second-order valence-corrected chi connectivity index (χ2v) is 6.98. The van der Waals surface area contributed by atoms with Crippen molar-refractivity contribution in [3.05, 3.63) is 0 Å². The van der Waals surface area contributed by atoms with E-state index in [9.17, 15) is 9.90 Å². The Morgan fingerprint density at radius 3 is 2.10 bits per heavy atom. The van der Waals surface area contributed by atoms with Crippen LogP contribution in [0.4, 0.5) is 0 Å². The Labute approximate surface area is 125 Å². The Kier molecular flexibility index (Phi) is 8.97. The zero-order valence-corrected chi connectivity index (χ0v) is 13.5. The molecule has 0 aromatic heterocycles. The molecule has 1 unspecified atom stereocenters. The molecule has 0 heterocycles. The van der Waals surface area contributed by atoms with Crippen molar-refractivity contribution in [1.29, 1.82) is 0 Å². The van der Waals surface area contributed by atoms with Crippen LogP contribution < -0.4 is 5.11 Å². The first-order valence-corrected chi connectivity index (χ1v) is 8.81. The Balaban J connectivity index is 2.02. The second-order valence-electron chi connectivity index (χ2n) is 6.98. The lowest BCUT2D eigenvalue weighted by atomic mass is 9.77. The minimum atomic E-state index is -0.901. The molecule has 1 fully saturated rings. The summed E-state index contributed by atoms with van der Waals surface area (Å²) in [5.74, 6) is 1.59. The van der Waals surface area contributed by atoms with E-state index in [1.54, 1.807) is 0 Å². The number of unbranched alkanes of at least 4 members (excludes halogenated alkanes) is 1. The van der Waals surface area contributed by atoms with Gasteiger partial charge in [-0.1, -0.05) is 78.1 Å². The van der Waals surface area contributed by atoms with Gasteiger partial charge in [0, 0.05) is 5.97 Å². The Bertz CT molecular complexity index is 254. The van der Waals surface area contributed by atoms with Gasteiger partial charge in [-0.05, 0) is 30.6 Å². The molecule has 0 aromatic rings. The molecule has 0 aromatic carbocycles. The fraction of sp³-hybridized carbons (Fsp3) is 0.944. The standard InChI is InChI=1S/C18H34O2/c1-3-4-7-16-10-12-17(13-11-16)8-5-6-15(2)9-14-18(19)20/h15-17H,3-14H2,1-2H3,(H,19,20)/p-1. The van der Waals surface area contributed by atoms with E-state index < -0.39 is 5.97 Å². The zero-order chi connectivity index (χ0) is 14.8. The highest BCUT2D eigenvalue weighted by Crippen LogP contribution is 2.34. The van der Waals surface area contributed by atoms with Gasteiger partial charge < -0.3 is 9.90 Å². The molecular weight excluding hydrogens is 248 g/mol. The molecule has 20 heavy (non-hydrogen) atoms. The van der Waals surface area contributed by atoms with Gasteiger partial charge >= 0.3 is 0 Å². The molecule has 118 valence electrons. The molecule has 0 amide bonds. The van der Waals surface area contributed by atoms with Gasteiger partial charge in [0.25, 0.3) is 0 Å². The van der Waals surface area contributed by atoms with Crippen LogP contribution in [-0.2, 0) is 4.79 Å². The van der Waals surface area contributed by atoms with Crippen LogP contribution in [0.1, 0.15) is 90.9 Å². The van der Waals surface area contributed by atoms with Crippen molar-refractivity contribution in [2.75, 3.05) is 0 Å². The summed E-state index contributed by atoms with van der Waals surface area (Å²) in [4.78, 5) is 10.4. The Morgan fingerprint density at radius 1 is 1.05 bits per heavy atom. The van der Waals surface area contributed by atoms with E-state index in [1.165, 1.54) is 64.2 Å². The van der Waals surface area contributed by atoms with E-state index in [0.717, 1.165) is 18.3 Å². The van der Waals surface area contributed by atoms with Crippen LogP contribution in [-0.4, -0.2) is 5.97 Å². The maximum atomic E-state index is 10.4. The summed E-state index contributed by atoms with van der Waals surface area (Å²) in [6.07, 6.45) is 14.8. The number of carboxylic acid groups (broad SMARTS) is 1. The molecule has 0 bridgehead atoms. The molecule has 2 heteroatoms. The monoisotopic (exact) mass is 281 g/mol. The highest BCUT2D eigenvalue weighted by atomic mass is 16.4. The predicted molar refractivity (Wildman–Crippen MR) is 82.2 cm³/mol. The van der Waals surface area contributed by atoms with Crippen LogP contribution in [0.25, 0.3) is 0 Å². The molecule has 0 spiro atoms. The summed E-state index contributed by atoms with van der Waals surface area (Å²) >= 11 is 0. The van der Waals surface area contributed by atoms with Crippen LogP contribution in [0, 0.1) is 17.8 Å². The normalized spacial score (nSPS) is 24.5. The summed E-state index contributed by atoms with van der Waals surface area (Å²) in [6.45, 7) is 4.46. The average Bonchev–Trinajstić information content (AvgIpc) is 2.44. The maximum Gasteiger partial charge on any atom is 0.0414 e. The van der Waals surface area contributed by atoms with Crippen molar-refractivity contribution in [1.82, 2.24) is 0 Å². The van der Waals surface area contributed by atoms with Crippen molar-refractivity contribution >= 4 is 5.97 Å². The summed E-state index contributed by atoms with van der Waals surface area (Å²) in [5, 5.41) is 10.4. The number of carbonyl (C=O) groups excluding carboxylic acids is 1. The van der Waals surface area contributed by atoms with E-state index >= 15 is 0 Å². The van der Waals surface area contributed by atoms with Crippen molar-refractivity contribution in [3.63, 3.8) is 0 Å². The lowest BCUT2D eigenvalue weighted by Gasteiger charge is -2.28. The molecule has 1 atom stereocenters. The zero-order valence-electron chi connectivity index (χ0n) is 13.5. The molecule has 1 aliphatic carbocycles. The lowest BCUT2D eigenvalue weighted by molar-refractivity contribution is -0.306. The number of carboxylic acids is 1. The third kappa shape index (κ3) is 7.91. The lowest BCUT2D eigenvalue weighted by Crippen LogP contribution is -2.22. The van der Waals surface area contributed by atoms with Gasteiger partial charge in [0.1, 0.15) is 0 Å². The number of hydrogen-bond acceptors (Lipinski definition) is 2. The predicted octanol–water partition coefficient (Wildman–Crippen LogP) is 4.32. The van der Waals surface area contributed by atoms with E-state index in [2.05, 4.69) is 13.8 Å². The molecule has 2 nitrogen and oxygen atoms in total. The Hall–Kier alpha value is -0.530. The van der Waals surface area contributed by atoms with Gasteiger partial charge in [0.05, 0.1) is 0 Å². The highest BCUT2D eigenvalue weighted by Gasteiger charge is 2.20. The minimum Gasteiger partial charge on any atom is -0.550 e. The molecular formula is C18H33O2-. The van der Waals surface area contributed by atoms with Gasteiger partial charge in [0.2, 0.25) is 0 Å². The van der Waals surface area contributed by atoms with Crippen molar-refractivity contribution in [3.8, 4) is 0 Å². The van der Waals surface area contributed by atoms with Crippen molar-refractivity contribution in [2.45, 2.75) is 90.9 Å². The third-order valence-electron chi connectivity index (χ3n) is 5.08. The molecule has 1 aliphatic rings. The average molecular weight is 281 g/mol. The van der Waals surface area contributed by atoms with Crippen LogP contribution in [0.5, 0.6) is 0 Å². The summed E-state index contributed by atoms with van der Waals surface area (Å²) in [6, 6.07) is 0. The first kappa shape index (κ1) is 17.5. The second kappa shape index (κ2) is 10.2. The largest absolute Gasteiger partial charge is 0.550 e. The molecule has 0 saturated heterocycles. The van der Waals surface area contributed by atoms with Crippen LogP contribution in [0.3, 0.4) is 0 Å². The van der Waals surface area contributed by atoms with Gasteiger partial charge in [-0.15, -0.1) is 0 Å². The van der Waals surface area contributed by atoms with Gasteiger partial charge in [-0.25, -0.2) is 0 Å². The Morgan fingerprint density at radius 2 is 1.60 bits per heavy atom. The van der Waals surface area contributed by atoms with Gasteiger partial charge in [0.15, 0.2) is 0 Å². The van der Waals surface area contributed by atoms with E-state index in [1.807, 2.05) is 0 Å². The fourth-order valence-electron chi connectivity index (χ4n) is 3.57. The quantitative estimate of drug-likeness (QED) is 0.598. The van der Waals surface area contributed by atoms with Gasteiger partial charge in [-0.2, -0.15) is 0 Å². The van der Waals surface area contributed by atoms with E-state index in [-0.39, 0.29) is 6.42 Å². The van der Waals surface area contributed by atoms with Crippen molar-refractivity contribution in [2.24, 2.45) is 17.8 Å². The molecule has 0 N–H and O–H groups in total. The molecule has 1 rings (SSSR count). The SMILES string of the molecule is CCCCC1CCC(CCCC(C)CCC(=O)[O-])CC1. The van der Waals surface area contributed by atoms with Crippen molar-refractivity contribution < 1.29 is 9.90 Å². The first-order valence-electron chi connectivity index (χ1n) is 8.81. The third-order valence-corrected chi connectivity index (χ3v) is 5.08. The summed E-state index contributed by atoms with van der Waals surface area (Å²) in [5.41, 5.74) is 0. The molecule has 1 saturated carbocycles. The first-order chi connectivity index (χ1) is 9.61. The van der Waals surface area contributed by atoms with Crippen LogP contribution in [0.2, 0.25) is 0 Å². The number of aliphatic carboxylic acids is 1. The number of hydrogen-bond donors (Lipinski definition) is 0. The number of rotatable bonds is 10. The number of carbonyl (C=O) groups is 1. The highest BCUT2D eigenvalue weighted by molar-refractivity contribution is 5.64. The molecule has 0 radical (unpaired) electrons. The minimum absolute atomic E-state index is 0.226. The van der Waals surface area contributed by atoms with Gasteiger partial charge in [-0.3, -0.25) is 0 Å². The topological polar surface area (TPSA) is 40.1 Å².